The standard InChI is InChI=1S/C19H22ClF3N4O3/c1-13(11-26-12-17(27(28)29)24-18(26)20)10-25-8-6-16(7-9-25)30-15-4-2-14(3-5-15)19(21,22)23/h2-5,12-13,16H,6-11H2,1H3/t13-/m0/s1. The number of benzene rings is 1. The van der Waals surface area contributed by atoms with Crippen molar-refractivity contribution in [3.63, 3.8) is 0 Å². The third kappa shape index (κ3) is 5.85. The van der Waals surface area contributed by atoms with Crippen LogP contribution in [0.4, 0.5) is 19.0 Å². The van der Waals surface area contributed by atoms with Crippen LogP contribution in [0, 0.1) is 16.0 Å². The molecule has 2 aromatic rings. The highest BCUT2D eigenvalue weighted by Gasteiger charge is 2.30. The molecule has 0 aliphatic carbocycles. The second kappa shape index (κ2) is 9.22. The maximum absolute atomic E-state index is 12.6. The summed E-state index contributed by atoms with van der Waals surface area (Å²) in [4.78, 5) is 16.2. The molecule has 0 saturated carbocycles. The number of halogens is 4. The number of nitro groups is 1. The summed E-state index contributed by atoms with van der Waals surface area (Å²) in [5, 5.41) is 10.9. The molecule has 0 unspecified atom stereocenters. The van der Waals surface area contributed by atoms with Gasteiger partial charge in [0.05, 0.1) is 5.56 Å². The first-order valence-electron chi connectivity index (χ1n) is 9.55. The molecule has 0 bridgehead atoms. The van der Waals surface area contributed by atoms with Gasteiger partial charge in [0.25, 0.3) is 0 Å². The predicted molar refractivity (Wildman–Crippen MR) is 105 cm³/mol. The molecule has 1 saturated heterocycles. The summed E-state index contributed by atoms with van der Waals surface area (Å²) in [5.74, 6) is 0.364. The number of hydrogen-bond acceptors (Lipinski definition) is 5. The lowest BCUT2D eigenvalue weighted by molar-refractivity contribution is -0.389. The number of nitrogens with zero attached hydrogens (tertiary/aromatic N) is 4. The normalized spacial score (nSPS) is 17.1. The summed E-state index contributed by atoms with van der Waals surface area (Å²) < 4.78 is 45.3. The van der Waals surface area contributed by atoms with E-state index in [1.165, 1.54) is 18.3 Å². The molecule has 1 aromatic heterocycles. The Kier molecular flexibility index (Phi) is 6.87. The van der Waals surface area contributed by atoms with Crippen LogP contribution >= 0.6 is 11.6 Å². The zero-order valence-electron chi connectivity index (χ0n) is 16.3. The van der Waals surface area contributed by atoms with Gasteiger partial charge in [-0.15, -0.1) is 0 Å². The molecule has 1 atom stereocenters. The summed E-state index contributed by atoms with van der Waals surface area (Å²) in [6, 6.07) is 4.76. The number of alkyl halides is 3. The van der Waals surface area contributed by atoms with Crippen molar-refractivity contribution >= 4 is 17.4 Å². The maximum Gasteiger partial charge on any atom is 0.416 e. The van der Waals surface area contributed by atoms with Crippen LogP contribution in [0.15, 0.2) is 30.5 Å². The van der Waals surface area contributed by atoms with Crippen molar-refractivity contribution in [3.05, 3.63) is 51.4 Å². The van der Waals surface area contributed by atoms with Gasteiger partial charge in [-0.2, -0.15) is 13.2 Å². The summed E-state index contributed by atoms with van der Waals surface area (Å²) in [7, 11) is 0. The molecule has 0 radical (unpaired) electrons. The van der Waals surface area contributed by atoms with E-state index in [9.17, 15) is 23.3 Å². The molecule has 7 nitrogen and oxygen atoms in total. The Hall–Kier alpha value is -2.33. The molecule has 0 N–H and O–H groups in total. The van der Waals surface area contributed by atoms with Crippen LogP contribution in [0.3, 0.4) is 0 Å². The number of ether oxygens (including phenoxy) is 1. The number of likely N-dealkylation sites (tertiary alicyclic amines) is 1. The first-order valence-corrected chi connectivity index (χ1v) is 9.93. The van der Waals surface area contributed by atoms with Crippen LogP contribution in [-0.2, 0) is 12.7 Å². The van der Waals surface area contributed by atoms with Crippen molar-refractivity contribution in [3.8, 4) is 5.75 Å². The van der Waals surface area contributed by atoms with Gasteiger partial charge in [-0.3, -0.25) is 4.57 Å². The second-order valence-corrected chi connectivity index (χ2v) is 7.86. The summed E-state index contributed by atoms with van der Waals surface area (Å²) >= 11 is 5.96. The van der Waals surface area contributed by atoms with Gasteiger partial charge >= 0.3 is 17.3 Å². The maximum atomic E-state index is 12.6. The molecule has 2 heterocycles. The number of rotatable bonds is 7. The fourth-order valence-corrected chi connectivity index (χ4v) is 3.76. The van der Waals surface area contributed by atoms with Gasteiger partial charge < -0.3 is 19.8 Å². The van der Waals surface area contributed by atoms with Crippen LogP contribution in [0.1, 0.15) is 25.3 Å². The van der Waals surface area contributed by atoms with Crippen LogP contribution < -0.4 is 4.74 Å². The lowest BCUT2D eigenvalue weighted by Gasteiger charge is -2.33. The van der Waals surface area contributed by atoms with E-state index in [4.69, 9.17) is 16.3 Å². The van der Waals surface area contributed by atoms with E-state index in [2.05, 4.69) is 9.88 Å². The SMILES string of the molecule is C[C@@H](CN1CCC(Oc2ccc(C(F)(F)F)cc2)CC1)Cn1cc([N+](=O)[O-])nc1Cl. The molecule has 1 fully saturated rings. The van der Waals surface area contributed by atoms with Crippen molar-refractivity contribution in [2.24, 2.45) is 5.92 Å². The Morgan fingerprint density at radius 2 is 1.90 bits per heavy atom. The lowest BCUT2D eigenvalue weighted by atomic mass is 10.1. The largest absolute Gasteiger partial charge is 0.490 e. The quantitative estimate of drug-likeness (QED) is 0.457. The lowest BCUT2D eigenvalue weighted by Crippen LogP contribution is -2.40. The highest BCUT2D eigenvalue weighted by Crippen LogP contribution is 2.31. The average Bonchev–Trinajstić information content (AvgIpc) is 3.04. The molecule has 1 aromatic carbocycles. The zero-order valence-corrected chi connectivity index (χ0v) is 17.1. The first-order chi connectivity index (χ1) is 14.1. The molecular weight excluding hydrogens is 425 g/mol. The highest BCUT2D eigenvalue weighted by atomic mass is 35.5. The molecule has 1 aliphatic rings. The molecule has 0 spiro atoms. The van der Waals surface area contributed by atoms with E-state index in [1.807, 2.05) is 6.92 Å². The van der Waals surface area contributed by atoms with Crippen molar-refractivity contribution in [2.75, 3.05) is 19.6 Å². The highest BCUT2D eigenvalue weighted by molar-refractivity contribution is 6.28. The minimum atomic E-state index is -4.35. The fraction of sp³-hybridized carbons (Fsp3) is 0.526. The summed E-state index contributed by atoms with van der Waals surface area (Å²) in [5.41, 5.74) is -0.693. The van der Waals surface area contributed by atoms with Gasteiger partial charge in [0.1, 0.15) is 18.1 Å². The Balaban J connectivity index is 1.44. The number of aromatic nitrogens is 2. The van der Waals surface area contributed by atoms with E-state index in [0.29, 0.717) is 12.3 Å². The molecule has 0 amide bonds. The minimum Gasteiger partial charge on any atom is -0.490 e. The number of imidazole rings is 1. The Labute approximate surface area is 176 Å². The van der Waals surface area contributed by atoms with E-state index < -0.39 is 16.7 Å². The van der Waals surface area contributed by atoms with E-state index in [1.54, 1.807) is 4.57 Å². The zero-order chi connectivity index (χ0) is 21.9. The average molecular weight is 447 g/mol. The van der Waals surface area contributed by atoms with Gasteiger partial charge in [-0.05, 0) is 64.5 Å². The molecule has 30 heavy (non-hydrogen) atoms. The van der Waals surface area contributed by atoms with Crippen LogP contribution in [0.25, 0.3) is 0 Å². The van der Waals surface area contributed by atoms with E-state index >= 15 is 0 Å². The molecule has 1 aliphatic heterocycles. The second-order valence-electron chi connectivity index (χ2n) is 7.52. The molecule has 11 heteroatoms. The van der Waals surface area contributed by atoms with Gasteiger partial charge in [0.15, 0.2) is 0 Å². The van der Waals surface area contributed by atoms with Gasteiger partial charge in [0.2, 0.25) is 0 Å². The third-order valence-electron chi connectivity index (χ3n) is 5.00. The number of hydrogen-bond donors (Lipinski definition) is 0. The first kappa shape index (κ1) is 22.4. The topological polar surface area (TPSA) is 73.4 Å². The Morgan fingerprint density at radius 3 is 2.43 bits per heavy atom. The van der Waals surface area contributed by atoms with Crippen molar-refractivity contribution < 1.29 is 22.8 Å². The summed E-state index contributed by atoms with van der Waals surface area (Å²) in [6.07, 6.45) is -1.52. The monoisotopic (exact) mass is 446 g/mol. The molecule has 3 rings (SSSR count). The van der Waals surface area contributed by atoms with Crippen molar-refractivity contribution in [1.29, 1.82) is 0 Å². The summed E-state index contributed by atoms with van der Waals surface area (Å²) in [6.45, 7) is 4.94. The minimum absolute atomic E-state index is 0.0426. The Bertz CT molecular complexity index is 865. The third-order valence-corrected chi connectivity index (χ3v) is 5.30. The fourth-order valence-electron chi connectivity index (χ4n) is 3.56. The van der Waals surface area contributed by atoms with E-state index in [0.717, 1.165) is 44.6 Å². The van der Waals surface area contributed by atoms with Gasteiger partial charge in [0, 0.05) is 26.2 Å². The Morgan fingerprint density at radius 1 is 1.27 bits per heavy atom. The van der Waals surface area contributed by atoms with Crippen molar-refractivity contribution in [1.82, 2.24) is 14.5 Å². The van der Waals surface area contributed by atoms with Crippen LogP contribution in [0.5, 0.6) is 5.75 Å². The predicted octanol–water partition coefficient (Wildman–Crippen LogP) is 4.64. The number of piperidine rings is 1. The van der Waals surface area contributed by atoms with E-state index in [-0.39, 0.29) is 23.1 Å². The van der Waals surface area contributed by atoms with Crippen LogP contribution in [-0.4, -0.2) is 45.1 Å². The van der Waals surface area contributed by atoms with Crippen molar-refractivity contribution in [2.45, 2.75) is 38.6 Å². The van der Waals surface area contributed by atoms with Crippen LogP contribution in [0.2, 0.25) is 5.28 Å². The van der Waals surface area contributed by atoms with Gasteiger partial charge in [-0.1, -0.05) is 6.92 Å². The molecule has 164 valence electrons. The smallest absolute Gasteiger partial charge is 0.416 e. The molecular formula is C19H22ClF3N4O3. The van der Waals surface area contributed by atoms with Gasteiger partial charge in [-0.25, -0.2) is 0 Å².